The molecule has 2 rings (SSSR count). The number of benzene rings is 1. The van der Waals surface area contributed by atoms with Gasteiger partial charge in [0.2, 0.25) is 0 Å². The van der Waals surface area contributed by atoms with Crippen molar-refractivity contribution < 1.29 is 13.2 Å². The first kappa shape index (κ1) is 13.2. The van der Waals surface area contributed by atoms with Crippen molar-refractivity contribution in [2.45, 2.75) is 6.18 Å². The van der Waals surface area contributed by atoms with Crippen LogP contribution < -0.4 is 0 Å². The van der Waals surface area contributed by atoms with Crippen LogP contribution in [0.1, 0.15) is 5.56 Å². The lowest BCUT2D eigenvalue weighted by Gasteiger charge is -2.14. The van der Waals surface area contributed by atoms with Crippen LogP contribution in [-0.2, 0) is 6.18 Å². The third-order valence-electron chi connectivity index (χ3n) is 2.35. The van der Waals surface area contributed by atoms with Crippen LogP contribution in [0, 0.1) is 0 Å². The van der Waals surface area contributed by atoms with Crippen LogP contribution in [0.2, 0.25) is 10.0 Å². The van der Waals surface area contributed by atoms with Crippen molar-refractivity contribution in [2.75, 3.05) is 0 Å². The summed E-state index contributed by atoms with van der Waals surface area (Å²) in [6.45, 7) is 0. The van der Waals surface area contributed by atoms with Crippen LogP contribution in [0.5, 0.6) is 0 Å². The fourth-order valence-corrected chi connectivity index (χ4v) is 1.97. The maximum Gasteiger partial charge on any atom is 0.417 e. The van der Waals surface area contributed by atoms with Crippen LogP contribution in [-0.4, -0.2) is 4.98 Å². The Hall–Kier alpha value is -1.26. The van der Waals surface area contributed by atoms with Crippen molar-refractivity contribution in [3.63, 3.8) is 0 Å². The Balaban J connectivity index is 2.70. The third kappa shape index (κ3) is 2.60. The molecule has 0 saturated heterocycles. The second-order valence-corrected chi connectivity index (χ2v) is 4.39. The fourth-order valence-electron chi connectivity index (χ4n) is 1.58. The highest BCUT2D eigenvalue weighted by Gasteiger charge is 2.34. The predicted molar refractivity (Wildman–Crippen MR) is 64.7 cm³/mol. The lowest BCUT2D eigenvalue weighted by Crippen LogP contribution is -2.07. The molecule has 1 heterocycles. The molecular formula is C12H6Cl2F3N. The zero-order chi connectivity index (χ0) is 13.3. The summed E-state index contributed by atoms with van der Waals surface area (Å²) < 4.78 is 38.7. The smallest absolute Gasteiger partial charge is 0.263 e. The topological polar surface area (TPSA) is 12.9 Å². The van der Waals surface area contributed by atoms with E-state index >= 15 is 0 Å². The van der Waals surface area contributed by atoms with Gasteiger partial charge in [0.1, 0.15) is 0 Å². The predicted octanol–water partition coefficient (Wildman–Crippen LogP) is 5.07. The number of rotatable bonds is 1. The van der Waals surface area contributed by atoms with E-state index in [9.17, 15) is 13.2 Å². The van der Waals surface area contributed by atoms with Crippen molar-refractivity contribution >= 4 is 23.2 Å². The minimum atomic E-state index is -4.47. The molecule has 0 unspecified atom stereocenters. The van der Waals surface area contributed by atoms with E-state index in [4.69, 9.17) is 23.2 Å². The van der Waals surface area contributed by atoms with Gasteiger partial charge in [0.15, 0.2) is 0 Å². The average molecular weight is 292 g/mol. The highest BCUT2D eigenvalue weighted by atomic mass is 35.5. The summed E-state index contributed by atoms with van der Waals surface area (Å²) in [5, 5.41) is 0.358. The molecule has 0 aliphatic rings. The van der Waals surface area contributed by atoms with Crippen LogP contribution >= 0.6 is 23.2 Å². The Bertz CT molecular complexity index is 582. The summed E-state index contributed by atoms with van der Waals surface area (Å²) in [7, 11) is 0. The Morgan fingerprint density at radius 2 is 1.72 bits per heavy atom. The molecule has 0 saturated carbocycles. The largest absolute Gasteiger partial charge is 0.417 e. The van der Waals surface area contributed by atoms with Crippen LogP contribution in [0.15, 0.2) is 36.7 Å². The number of nitrogens with zero attached hydrogens (tertiary/aromatic N) is 1. The number of aromatic nitrogens is 1. The van der Waals surface area contributed by atoms with E-state index in [-0.39, 0.29) is 21.2 Å². The Morgan fingerprint density at radius 1 is 1.00 bits per heavy atom. The molecule has 0 amide bonds. The Labute approximate surface area is 111 Å². The van der Waals surface area contributed by atoms with Gasteiger partial charge >= 0.3 is 6.18 Å². The van der Waals surface area contributed by atoms with Crippen molar-refractivity contribution in [3.8, 4) is 11.1 Å². The molecule has 1 aromatic carbocycles. The molecule has 18 heavy (non-hydrogen) atoms. The zero-order valence-electron chi connectivity index (χ0n) is 8.80. The molecule has 0 bridgehead atoms. The maximum atomic E-state index is 12.9. The van der Waals surface area contributed by atoms with Gasteiger partial charge in [0.25, 0.3) is 0 Å². The molecule has 6 heteroatoms. The standard InChI is InChI=1S/C12H6Cl2F3N/c13-7-1-2-10(12(15,16)17)9(5-7)8-3-4-18-6-11(8)14/h1-6H. The SMILES string of the molecule is FC(F)(F)c1ccc(Cl)cc1-c1ccncc1Cl. The van der Waals surface area contributed by atoms with E-state index in [1.54, 1.807) is 0 Å². The molecule has 1 nitrogen and oxygen atoms in total. The molecule has 1 aromatic heterocycles. The Kier molecular flexibility index (Phi) is 3.50. The minimum absolute atomic E-state index is 0.0533. The zero-order valence-corrected chi connectivity index (χ0v) is 10.3. The fraction of sp³-hybridized carbons (Fsp3) is 0.0833. The third-order valence-corrected chi connectivity index (χ3v) is 2.89. The van der Waals surface area contributed by atoms with Gasteiger partial charge in [-0.15, -0.1) is 0 Å². The van der Waals surface area contributed by atoms with E-state index in [1.165, 1.54) is 30.6 Å². The van der Waals surface area contributed by atoms with Gasteiger partial charge < -0.3 is 0 Å². The molecule has 0 fully saturated rings. The maximum absolute atomic E-state index is 12.9. The summed E-state index contributed by atoms with van der Waals surface area (Å²) >= 11 is 11.6. The van der Waals surface area contributed by atoms with Gasteiger partial charge in [-0.1, -0.05) is 23.2 Å². The average Bonchev–Trinajstić information content (AvgIpc) is 2.27. The molecule has 94 valence electrons. The van der Waals surface area contributed by atoms with Crippen molar-refractivity contribution in [1.82, 2.24) is 4.98 Å². The number of hydrogen-bond acceptors (Lipinski definition) is 1. The summed E-state index contributed by atoms with van der Waals surface area (Å²) in [5.74, 6) is 0. The second kappa shape index (κ2) is 4.78. The molecule has 0 atom stereocenters. The first-order chi connectivity index (χ1) is 8.39. The highest BCUT2D eigenvalue weighted by Crippen LogP contribution is 2.40. The molecule has 0 N–H and O–H groups in total. The van der Waals surface area contributed by atoms with Crippen molar-refractivity contribution in [1.29, 1.82) is 0 Å². The lowest BCUT2D eigenvalue weighted by molar-refractivity contribution is -0.137. The number of pyridine rings is 1. The summed E-state index contributed by atoms with van der Waals surface area (Å²) in [6.07, 6.45) is -1.80. The molecule has 0 aliphatic heterocycles. The lowest BCUT2D eigenvalue weighted by atomic mass is 10.0. The van der Waals surface area contributed by atoms with E-state index in [0.717, 1.165) is 6.07 Å². The van der Waals surface area contributed by atoms with E-state index in [2.05, 4.69) is 4.98 Å². The first-order valence-electron chi connectivity index (χ1n) is 4.86. The summed E-state index contributed by atoms with van der Waals surface area (Å²) in [4.78, 5) is 3.74. The normalized spacial score (nSPS) is 11.6. The van der Waals surface area contributed by atoms with Gasteiger partial charge in [0, 0.05) is 23.0 Å². The number of halogens is 5. The van der Waals surface area contributed by atoms with Gasteiger partial charge in [-0.2, -0.15) is 13.2 Å². The summed E-state index contributed by atoms with van der Waals surface area (Å²) in [6, 6.07) is 4.80. The van der Waals surface area contributed by atoms with Crippen LogP contribution in [0.25, 0.3) is 11.1 Å². The van der Waals surface area contributed by atoms with Gasteiger partial charge in [-0.3, -0.25) is 4.98 Å². The quantitative estimate of drug-likeness (QED) is 0.714. The molecular weight excluding hydrogens is 286 g/mol. The van der Waals surface area contributed by atoms with Gasteiger partial charge in [-0.25, -0.2) is 0 Å². The van der Waals surface area contributed by atoms with Crippen LogP contribution in [0.3, 0.4) is 0 Å². The Morgan fingerprint density at radius 3 is 2.33 bits per heavy atom. The molecule has 0 aliphatic carbocycles. The van der Waals surface area contributed by atoms with Crippen molar-refractivity contribution in [2.24, 2.45) is 0 Å². The van der Waals surface area contributed by atoms with E-state index in [0.29, 0.717) is 0 Å². The van der Waals surface area contributed by atoms with Gasteiger partial charge in [-0.05, 0) is 29.8 Å². The number of hydrogen-bond donors (Lipinski definition) is 0. The summed E-state index contributed by atoms with van der Waals surface area (Å²) in [5.41, 5.74) is -0.580. The van der Waals surface area contributed by atoms with Gasteiger partial charge in [0.05, 0.1) is 10.6 Å². The monoisotopic (exact) mass is 291 g/mol. The minimum Gasteiger partial charge on any atom is -0.263 e. The van der Waals surface area contributed by atoms with E-state index < -0.39 is 11.7 Å². The van der Waals surface area contributed by atoms with Crippen molar-refractivity contribution in [3.05, 3.63) is 52.3 Å². The molecule has 0 spiro atoms. The molecule has 2 aromatic rings. The molecule has 0 radical (unpaired) electrons. The highest BCUT2D eigenvalue weighted by molar-refractivity contribution is 6.33. The van der Waals surface area contributed by atoms with Crippen LogP contribution in [0.4, 0.5) is 13.2 Å². The first-order valence-corrected chi connectivity index (χ1v) is 5.62. The number of alkyl halides is 3. The van der Waals surface area contributed by atoms with E-state index in [1.807, 2.05) is 0 Å². The second-order valence-electron chi connectivity index (χ2n) is 3.54.